The van der Waals surface area contributed by atoms with E-state index in [1.165, 1.54) is 0 Å². The Morgan fingerprint density at radius 1 is 1.37 bits per heavy atom. The Hall–Kier alpha value is -1.55. The van der Waals surface area contributed by atoms with Crippen LogP contribution in [0.4, 0.5) is 5.69 Å². The summed E-state index contributed by atoms with van der Waals surface area (Å²) < 4.78 is 5.75. The highest BCUT2D eigenvalue weighted by molar-refractivity contribution is 5.94. The summed E-state index contributed by atoms with van der Waals surface area (Å²) in [6, 6.07) is 7.21. The minimum absolute atomic E-state index is 0.327. The Morgan fingerprint density at radius 3 is 2.68 bits per heavy atom. The van der Waals surface area contributed by atoms with E-state index in [9.17, 15) is 9.90 Å². The molecule has 1 N–H and O–H groups in total. The number of carboxylic acids is 1. The number of carboxylic acid groups (broad SMARTS) is 1. The highest BCUT2D eigenvalue weighted by atomic mass is 16.5. The van der Waals surface area contributed by atoms with Crippen LogP contribution in [0.25, 0.3) is 0 Å². The summed E-state index contributed by atoms with van der Waals surface area (Å²) in [5, 5.41) is 9.21. The monoisotopic (exact) mass is 263 g/mol. The molecular formula is C15H21NO3. The first-order valence-corrected chi connectivity index (χ1v) is 6.91. The van der Waals surface area contributed by atoms with Crippen molar-refractivity contribution in [3.63, 3.8) is 0 Å². The second-order valence-electron chi connectivity index (χ2n) is 4.88. The number of benzene rings is 1. The molecule has 0 aromatic heterocycles. The summed E-state index contributed by atoms with van der Waals surface area (Å²) in [7, 11) is 0. The zero-order valence-corrected chi connectivity index (χ0v) is 11.3. The number of para-hydroxylation sites is 1. The molecule has 19 heavy (non-hydrogen) atoms. The van der Waals surface area contributed by atoms with Crippen LogP contribution in [0, 0.1) is 0 Å². The van der Waals surface area contributed by atoms with E-state index in [0.29, 0.717) is 11.7 Å². The Bertz CT molecular complexity index is 425. The maximum Gasteiger partial charge on any atom is 0.337 e. The van der Waals surface area contributed by atoms with Crippen LogP contribution in [0.5, 0.6) is 0 Å². The van der Waals surface area contributed by atoms with Crippen molar-refractivity contribution in [1.29, 1.82) is 0 Å². The highest BCUT2D eigenvalue weighted by Crippen LogP contribution is 2.25. The molecule has 0 atom stereocenters. The molecule has 0 amide bonds. The smallest absolute Gasteiger partial charge is 0.337 e. The van der Waals surface area contributed by atoms with Crippen molar-refractivity contribution in [2.45, 2.75) is 32.3 Å². The predicted molar refractivity (Wildman–Crippen MR) is 74.9 cm³/mol. The van der Waals surface area contributed by atoms with Crippen molar-refractivity contribution in [3.05, 3.63) is 29.8 Å². The summed E-state index contributed by atoms with van der Waals surface area (Å²) in [6.07, 6.45) is 3.30. The molecule has 1 fully saturated rings. The Morgan fingerprint density at radius 2 is 2.05 bits per heavy atom. The van der Waals surface area contributed by atoms with Gasteiger partial charge in [0.05, 0.1) is 17.4 Å². The Labute approximate surface area is 114 Å². The molecule has 1 aromatic rings. The van der Waals surface area contributed by atoms with Crippen molar-refractivity contribution in [2.24, 2.45) is 0 Å². The van der Waals surface area contributed by atoms with Gasteiger partial charge in [-0.15, -0.1) is 0 Å². The Kier molecular flexibility index (Phi) is 4.80. The molecule has 1 saturated heterocycles. The van der Waals surface area contributed by atoms with E-state index in [1.54, 1.807) is 12.1 Å². The minimum atomic E-state index is -0.861. The second-order valence-corrected chi connectivity index (χ2v) is 4.88. The molecule has 0 unspecified atom stereocenters. The molecule has 0 radical (unpaired) electrons. The van der Waals surface area contributed by atoms with E-state index < -0.39 is 5.97 Å². The van der Waals surface area contributed by atoms with E-state index in [0.717, 1.165) is 44.6 Å². The van der Waals surface area contributed by atoms with Gasteiger partial charge in [-0.1, -0.05) is 19.1 Å². The second kappa shape index (κ2) is 6.57. The lowest BCUT2D eigenvalue weighted by Gasteiger charge is -2.34. The fraction of sp³-hybridized carbons (Fsp3) is 0.533. The summed E-state index contributed by atoms with van der Waals surface area (Å²) in [6.45, 7) is 4.64. The summed E-state index contributed by atoms with van der Waals surface area (Å²) >= 11 is 0. The molecule has 104 valence electrons. The van der Waals surface area contributed by atoms with Gasteiger partial charge in [-0.05, 0) is 31.4 Å². The first-order chi connectivity index (χ1) is 9.22. The van der Waals surface area contributed by atoms with Gasteiger partial charge in [0.15, 0.2) is 0 Å². The fourth-order valence-corrected chi connectivity index (χ4v) is 2.48. The van der Waals surface area contributed by atoms with Crippen LogP contribution in [0.2, 0.25) is 0 Å². The number of rotatable bonds is 5. The third-order valence-electron chi connectivity index (χ3n) is 3.47. The van der Waals surface area contributed by atoms with Gasteiger partial charge >= 0.3 is 5.97 Å². The van der Waals surface area contributed by atoms with Crippen LogP contribution in [0.1, 0.15) is 36.5 Å². The van der Waals surface area contributed by atoms with Gasteiger partial charge < -0.3 is 14.7 Å². The number of piperidine rings is 1. The van der Waals surface area contributed by atoms with Crippen LogP contribution in [0.15, 0.2) is 24.3 Å². The van der Waals surface area contributed by atoms with Gasteiger partial charge in [0.25, 0.3) is 0 Å². The largest absolute Gasteiger partial charge is 0.478 e. The molecule has 0 saturated carbocycles. The highest BCUT2D eigenvalue weighted by Gasteiger charge is 2.22. The molecule has 0 spiro atoms. The number of aromatic carboxylic acids is 1. The van der Waals surface area contributed by atoms with Crippen molar-refractivity contribution < 1.29 is 14.6 Å². The van der Waals surface area contributed by atoms with Crippen molar-refractivity contribution in [2.75, 3.05) is 24.6 Å². The van der Waals surface area contributed by atoms with Gasteiger partial charge in [0.1, 0.15) is 0 Å². The number of ether oxygens (including phenoxy) is 1. The number of hydrogen-bond acceptors (Lipinski definition) is 3. The van der Waals surface area contributed by atoms with Gasteiger partial charge in [-0.3, -0.25) is 0 Å². The third-order valence-corrected chi connectivity index (χ3v) is 3.47. The minimum Gasteiger partial charge on any atom is -0.478 e. The first-order valence-electron chi connectivity index (χ1n) is 6.91. The molecule has 0 bridgehead atoms. The van der Waals surface area contributed by atoms with Gasteiger partial charge in [0.2, 0.25) is 0 Å². The lowest BCUT2D eigenvalue weighted by atomic mass is 10.0. The zero-order valence-electron chi connectivity index (χ0n) is 11.3. The maximum absolute atomic E-state index is 11.2. The number of carbonyl (C=O) groups is 1. The predicted octanol–water partition coefficient (Wildman–Crippen LogP) is 2.78. The topological polar surface area (TPSA) is 49.8 Å². The number of nitrogens with zero attached hydrogens (tertiary/aromatic N) is 1. The fourth-order valence-electron chi connectivity index (χ4n) is 2.48. The lowest BCUT2D eigenvalue weighted by Crippen LogP contribution is -2.37. The van der Waals surface area contributed by atoms with Crippen molar-refractivity contribution in [1.82, 2.24) is 0 Å². The average molecular weight is 263 g/mol. The molecule has 1 aliphatic rings. The molecule has 4 heteroatoms. The van der Waals surface area contributed by atoms with Gasteiger partial charge in [-0.2, -0.15) is 0 Å². The van der Waals surface area contributed by atoms with Gasteiger partial charge in [0, 0.05) is 19.7 Å². The van der Waals surface area contributed by atoms with Crippen LogP contribution >= 0.6 is 0 Å². The van der Waals surface area contributed by atoms with Crippen LogP contribution in [0.3, 0.4) is 0 Å². The molecule has 2 rings (SSSR count). The first kappa shape index (κ1) is 13.9. The average Bonchev–Trinajstić information content (AvgIpc) is 2.45. The summed E-state index contributed by atoms with van der Waals surface area (Å²) in [5.41, 5.74) is 1.21. The summed E-state index contributed by atoms with van der Waals surface area (Å²) in [4.78, 5) is 13.4. The number of hydrogen-bond donors (Lipinski definition) is 1. The molecule has 4 nitrogen and oxygen atoms in total. The SMILES string of the molecule is CCCOC1CCN(c2ccccc2C(=O)O)CC1. The standard InChI is InChI=1S/C15H21NO3/c1-2-11-19-12-7-9-16(10-8-12)14-6-4-3-5-13(14)15(17)18/h3-6,12H,2,7-11H2,1H3,(H,17,18). The van der Waals surface area contributed by atoms with Crippen molar-refractivity contribution >= 4 is 11.7 Å². The molecule has 1 heterocycles. The zero-order chi connectivity index (χ0) is 13.7. The quantitative estimate of drug-likeness (QED) is 0.887. The van der Waals surface area contributed by atoms with Crippen LogP contribution in [-0.2, 0) is 4.74 Å². The van der Waals surface area contributed by atoms with Crippen LogP contribution in [-0.4, -0.2) is 36.9 Å². The molecular weight excluding hydrogens is 242 g/mol. The summed E-state index contributed by atoms with van der Waals surface area (Å²) in [5.74, 6) is -0.861. The third kappa shape index (κ3) is 3.47. The maximum atomic E-state index is 11.2. The molecule has 0 aliphatic carbocycles. The molecule has 1 aliphatic heterocycles. The van der Waals surface area contributed by atoms with E-state index in [-0.39, 0.29) is 0 Å². The van der Waals surface area contributed by atoms with E-state index in [1.807, 2.05) is 12.1 Å². The van der Waals surface area contributed by atoms with Gasteiger partial charge in [-0.25, -0.2) is 4.79 Å². The normalized spacial score (nSPS) is 16.6. The van der Waals surface area contributed by atoms with E-state index in [2.05, 4.69) is 11.8 Å². The molecule has 1 aromatic carbocycles. The van der Waals surface area contributed by atoms with Crippen LogP contribution < -0.4 is 4.90 Å². The van der Waals surface area contributed by atoms with Crippen molar-refractivity contribution in [3.8, 4) is 0 Å². The lowest BCUT2D eigenvalue weighted by molar-refractivity contribution is 0.0375. The Balaban J connectivity index is 2.00. The van der Waals surface area contributed by atoms with E-state index >= 15 is 0 Å². The number of anilines is 1. The van der Waals surface area contributed by atoms with E-state index in [4.69, 9.17) is 4.74 Å².